The molecule has 0 radical (unpaired) electrons. The van der Waals surface area contributed by atoms with E-state index >= 15 is 4.39 Å². The van der Waals surface area contributed by atoms with E-state index in [1.54, 1.807) is 22.5 Å². The molecule has 3 saturated heterocycles. The summed E-state index contributed by atoms with van der Waals surface area (Å²) < 4.78 is 44.9. The Labute approximate surface area is 277 Å². The maximum absolute atomic E-state index is 15.4. The molecule has 3 aliphatic rings. The van der Waals surface area contributed by atoms with E-state index in [0.29, 0.717) is 49.7 Å². The van der Waals surface area contributed by atoms with E-state index in [2.05, 4.69) is 10.6 Å². The van der Waals surface area contributed by atoms with Crippen LogP contribution in [0, 0.1) is 11.7 Å². The molecule has 0 aliphatic carbocycles. The first-order valence-electron chi connectivity index (χ1n) is 16.0. The second-order valence-electron chi connectivity index (χ2n) is 13.4. The topological polar surface area (TPSA) is 135 Å². The Morgan fingerprint density at radius 2 is 1.96 bits per heavy atom. The van der Waals surface area contributed by atoms with Crippen molar-refractivity contribution >= 4 is 40.1 Å². The molecule has 6 atom stereocenters. The number of rotatable bonds is 9. The van der Waals surface area contributed by atoms with Gasteiger partial charge in [0.25, 0.3) is 0 Å². The maximum atomic E-state index is 15.4. The van der Waals surface area contributed by atoms with Gasteiger partial charge in [0.05, 0.1) is 11.4 Å². The molecule has 13 heteroatoms. The molecule has 0 spiro atoms. The van der Waals surface area contributed by atoms with E-state index in [0.717, 1.165) is 23.3 Å². The first kappa shape index (κ1) is 34.9. The van der Waals surface area contributed by atoms with Crippen molar-refractivity contribution in [2.75, 3.05) is 37.8 Å². The minimum absolute atomic E-state index is 0.0922. The van der Waals surface area contributed by atoms with E-state index in [-0.39, 0.29) is 35.7 Å². The molecule has 0 aromatic heterocycles. The molecule has 254 valence electrons. The van der Waals surface area contributed by atoms with Crippen molar-refractivity contribution in [3.05, 3.63) is 64.4 Å². The molecule has 2 unspecified atom stereocenters. The Morgan fingerprint density at radius 1 is 1.22 bits per heavy atom. The fraction of sp³-hybridized carbons (Fsp3) is 0.576. The van der Waals surface area contributed by atoms with Crippen LogP contribution in [0.3, 0.4) is 0 Å². The van der Waals surface area contributed by atoms with Crippen molar-refractivity contribution in [3.8, 4) is 0 Å². The molecule has 10 nitrogen and oxygen atoms in total. The predicted octanol–water partition coefficient (Wildman–Crippen LogP) is 6.42. The second kappa shape index (κ2) is 14.3. The number of nitrogens with zero attached hydrogens (tertiary/aromatic N) is 2. The Bertz CT molecular complexity index is 1400. The zero-order valence-corrected chi connectivity index (χ0v) is 28.2. The van der Waals surface area contributed by atoms with Crippen LogP contribution >= 0.6 is 22.4 Å². The van der Waals surface area contributed by atoms with Crippen LogP contribution in [-0.4, -0.2) is 91.6 Å². The lowest BCUT2D eigenvalue weighted by molar-refractivity contribution is -0.123. The van der Waals surface area contributed by atoms with Crippen LogP contribution in [0.25, 0.3) is 0 Å². The summed E-state index contributed by atoms with van der Waals surface area (Å²) >= 11 is 6.21. The van der Waals surface area contributed by atoms with Gasteiger partial charge in [0.2, 0.25) is 5.91 Å². The number of ether oxygens (including phenoxy) is 1. The highest BCUT2D eigenvalue weighted by Crippen LogP contribution is 2.49. The normalized spacial score (nSPS) is 27.5. The number of carbonyl (C=O) groups is 2. The summed E-state index contributed by atoms with van der Waals surface area (Å²) in [6.45, 7) is 5.51. The maximum Gasteiger partial charge on any atom is 0.407 e. The lowest BCUT2D eigenvalue weighted by atomic mass is 9.72. The summed E-state index contributed by atoms with van der Waals surface area (Å²) in [5.41, 5.74) is 0.867. The molecule has 3 aliphatic heterocycles. The summed E-state index contributed by atoms with van der Waals surface area (Å²) in [5.74, 6) is -1.37. The molecule has 3 fully saturated rings. The van der Waals surface area contributed by atoms with Crippen LogP contribution in [0.2, 0.25) is 5.02 Å². The Morgan fingerprint density at radius 3 is 2.65 bits per heavy atom. The van der Waals surface area contributed by atoms with Crippen LogP contribution in [-0.2, 0) is 16.0 Å². The van der Waals surface area contributed by atoms with Gasteiger partial charge in [0, 0.05) is 61.0 Å². The SMILES string of the molecule is CN(C(=O)O)[C@H](C(=O)Nc1cccc(F)c1CC[C@H]1CNC2CCCS(O)(O)N1C2)[C@@H](c1ccc(Cl)cc1)[C@H]1CCOC(C)(C)C1. The average molecular weight is 681 g/mol. The van der Waals surface area contributed by atoms with Crippen molar-refractivity contribution < 1.29 is 32.9 Å². The number of fused-ring (bicyclic) bond motifs is 2. The highest BCUT2D eigenvalue weighted by Gasteiger charge is 2.44. The average Bonchev–Trinajstić information content (AvgIpc) is 3.11. The minimum atomic E-state index is -2.92. The molecular formula is C33H46ClFN4O6S. The van der Waals surface area contributed by atoms with Gasteiger partial charge in [-0.25, -0.2) is 13.5 Å². The molecular weight excluding hydrogens is 635 g/mol. The molecule has 3 heterocycles. The molecule has 5 rings (SSSR count). The van der Waals surface area contributed by atoms with Gasteiger partial charge in [-0.1, -0.05) is 29.8 Å². The Kier molecular flexibility index (Phi) is 10.9. The smallest absolute Gasteiger partial charge is 0.407 e. The first-order valence-corrected chi connectivity index (χ1v) is 18.0. The standard InChI is InChI=1S/C33H46ClFN4O6S/c1-33(2)18-22(15-16-45-33)29(21-9-11-23(34)12-10-21)30(38(3)32(41)42)31(40)37-28-8-4-7-27(35)26(28)14-13-25-19-36-24-6-5-17-46(43,44)39(25)20-24/h4,7-12,22,24-25,29-30,36,43-44H,5-6,13-20H2,1-3H3,(H,37,40)(H,41,42)/t22-,24?,25-,29-,30-/m0/s1. The number of likely N-dealkylation sites (N-methyl/N-ethyl adjacent to an activating group) is 1. The van der Waals surface area contributed by atoms with E-state index in [1.165, 1.54) is 19.2 Å². The number of carboxylic acid groups (broad SMARTS) is 1. The molecule has 0 saturated carbocycles. The van der Waals surface area contributed by atoms with Gasteiger partial charge >= 0.3 is 6.09 Å². The third-order valence-corrected chi connectivity index (χ3v) is 12.0. The van der Waals surface area contributed by atoms with Gasteiger partial charge in [-0.3, -0.25) is 18.8 Å². The van der Waals surface area contributed by atoms with E-state index in [4.69, 9.17) is 16.3 Å². The Balaban J connectivity index is 1.43. The number of hydrogen-bond donors (Lipinski definition) is 5. The number of piperazine rings is 1. The van der Waals surface area contributed by atoms with Gasteiger partial charge < -0.3 is 20.5 Å². The number of benzene rings is 2. The number of hydrogen-bond acceptors (Lipinski definition) is 7. The molecule has 2 aromatic carbocycles. The fourth-order valence-corrected chi connectivity index (χ4v) is 9.39. The second-order valence-corrected chi connectivity index (χ2v) is 16.0. The van der Waals surface area contributed by atoms with Crippen molar-refractivity contribution in [1.82, 2.24) is 14.5 Å². The highest BCUT2D eigenvalue weighted by atomic mass is 35.5. The summed E-state index contributed by atoms with van der Waals surface area (Å²) in [5, 5.41) is 17.1. The lowest BCUT2D eigenvalue weighted by Gasteiger charge is -2.49. The predicted molar refractivity (Wildman–Crippen MR) is 179 cm³/mol. The fourth-order valence-electron chi connectivity index (χ4n) is 7.40. The van der Waals surface area contributed by atoms with Crippen LogP contribution in [0.15, 0.2) is 42.5 Å². The third kappa shape index (κ3) is 7.98. The summed E-state index contributed by atoms with van der Waals surface area (Å²) in [4.78, 5) is 27.8. The van der Waals surface area contributed by atoms with Crippen molar-refractivity contribution in [1.29, 1.82) is 0 Å². The summed E-state index contributed by atoms with van der Waals surface area (Å²) in [7, 11) is -1.54. The molecule has 2 bridgehead atoms. The first-order chi connectivity index (χ1) is 21.8. The van der Waals surface area contributed by atoms with Gasteiger partial charge in [-0.15, -0.1) is 10.8 Å². The van der Waals surface area contributed by atoms with E-state index in [1.807, 2.05) is 26.0 Å². The van der Waals surface area contributed by atoms with Crippen LogP contribution in [0.5, 0.6) is 0 Å². The lowest BCUT2D eigenvalue weighted by Crippen LogP contribution is -2.55. The third-order valence-electron chi connectivity index (χ3n) is 9.73. The number of carbonyl (C=O) groups excluding carboxylic acids is 1. The zero-order valence-electron chi connectivity index (χ0n) is 26.6. The largest absolute Gasteiger partial charge is 0.465 e. The highest BCUT2D eigenvalue weighted by molar-refractivity contribution is 8.22. The molecule has 46 heavy (non-hydrogen) atoms. The van der Waals surface area contributed by atoms with Crippen LogP contribution < -0.4 is 10.6 Å². The van der Waals surface area contributed by atoms with Gasteiger partial charge in [0.1, 0.15) is 11.9 Å². The van der Waals surface area contributed by atoms with E-state index < -0.39 is 46.2 Å². The summed E-state index contributed by atoms with van der Waals surface area (Å²) in [6, 6.07) is 10.4. The Hall–Kier alpha value is -2.45. The van der Waals surface area contributed by atoms with Gasteiger partial charge in [0.15, 0.2) is 0 Å². The van der Waals surface area contributed by atoms with Gasteiger partial charge in [-0.05, 0) is 88.1 Å². The van der Waals surface area contributed by atoms with Crippen LogP contribution in [0.1, 0.15) is 63.0 Å². The number of halogens is 2. The summed E-state index contributed by atoms with van der Waals surface area (Å²) in [6.07, 6.45) is 2.24. The number of amides is 2. The zero-order chi connectivity index (χ0) is 33.2. The molecule has 5 N–H and O–H groups in total. The quantitative estimate of drug-likeness (QED) is 0.205. The number of nitrogens with one attached hydrogen (secondary N) is 2. The van der Waals surface area contributed by atoms with Gasteiger partial charge in [-0.2, -0.15) is 0 Å². The monoisotopic (exact) mass is 680 g/mol. The van der Waals surface area contributed by atoms with Crippen molar-refractivity contribution in [2.24, 2.45) is 5.92 Å². The van der Waals surface area contributed by atoms with E-state index in [9.17, 15) is 23.8 Å². The van der Waals surface area contributed by atoms with Crippen molar-refractivity contribution in [2.45, 2.75) is 82.0 Å². The molecule has 2 amide bonds. The minimum Gasteiger partial charge on any atom is -0.465 e. The molecule has 2 aromatic rings. The number of anilines is 1. The van der Waals surface area contributed by atoms with Crippen LogP contribution in [0.4, 0.5) is 14.9 Å². The van der Waals surface area contributed by atoms with Crippen molar-refractivity contribution in [3.63, 3.8) is 0 Å².